The van der Waals surface area contributed by atoms with Gasteiger partial charge in [0.1, 0.15) is 5.75 Å². The van der Waals surface area contributed by atoms with E-state index in [1.165, 1.54) is 0 Å². The molecule has 0 bridgehead atoms. The average Bonchev–Trinajstić information content (AvgIpc) is 2.68. The van der Waals surface area contributed by atoms with Crippen molar-refractivity contribution in [3.05, 3.63) is 83.3 Å². The predicted octanol–water partition coefficient (Wildman–Crippen LogP) is 5.77. The summed E-state index contributed by atoms with van der Waals surface area (Å²) in [5.41, 5.74) is 0.786. The summed E-state index contributed by atoms with van der Waals surface area (Å²) in [7, 11) is 0. The zero-order valence-electron chi connectivity index (χ0n) is 13.9. The molecule has 26 heavy (non-hydrogen) atoms. The second kappa shape index (κ2) is 7.18. The highest BCUT2D eigenvalue weighted by Crippen LogP contribution is 2.33. The third-order valence-electron chi connectivity index (χ3n) is 4.25. The van der Waals surface area contributed by atoms with E-state index in [1.807, 2.05) is 78.9 Å². The van der Waals surface area contributed by atoms with Crippen LogP contribution in [0.1, 0.15) is 0 Å². The van der Waals surface area contributed by atoms with Crippen LogP contribution in [0.15, 0.2) is 83.3 Å². The maximum absolute atomic E-state index is 12.4. The molecule has 0 aliphatic heterocycles. The number of rotatable bonds is 4. The molecule has 0 atom stereocenters. The minimum Gasteiger partial charge on any atom is -0.483 e. The molecule has 4 aromatic carbocycles. The van der Waals surface area contributed by atoms with Crippen molar-refractivity contribution in [1.29, 1.82) is 0 Å². The highest BCUT2D eigenvalue weighted by atomic mass is 79.9. The van der Waals surface area contributed by atoms with Gasteiger partial charge in [-0.15, -0.1) is 0 Å². The fourth-order valence-electron chi connectivity index (χ4n) is 2.99. The van der Waals surface area contributed by atoms with Crippen molar-refractivity contribution < 1.29 is 9.53 Å². The molecule has 0 spiro atoms. The highest BCUT2D eigenvalue weighted by molar-refractivity contribution is 9.10. The number of hydrogen-bond donors (Lipinski definition) is 1. The summed E-state index contributed by atoms with van der Waals surface area (Å²) in [6, 6.07) is 25.7. The number of anilines is 1. The molecule has 4 rings (SSSR count). The number of hydrogen-bond acceptors (Lipinski definition) is 2. The van der Waals surface area contributed by atoms with Gasteiger partial charge in [-0.2, -0.15) is 0 Å². The van der Waals surface area contributed by atoms with Crippen LogP contribution < -0.4 is 10.1 Å². The fraction of sp³-hybridized carbons (Fsp3) is 0.0455. The predicted molar refractivity (Wildman–Crippen MR) is 110 cm³/mol. The van der Waals surface area contributed by atoms with E-state index in [2.05, 4.69) is 21.2 Å². The van der Waals surface area contributed by atoms with Gasteiger partial charge in [0.15, 0.2) is 6.61 Å². The lowest BCUT2D eigenvalue weighted by Gasteiger charge is -2.12. The van der Waals surface area contributed by atoms with Crippen molar-refractivity contribution in [2.45, 2.75) is 0 Å². The summed E-state index contributed by atoms with van der Waals surface area (Å²) in [5.74, 6) is 0.457. The number of halogens is 1. The van der Waals surface area contributed by atoms with E-state index in [9.17, 15) is 4.79 Å². The van der Waals surface area contributed by atoms with Gasteiger partial charge >= 0.3 is 0 Å². The van der Waals surface area contributed by atoms with E-state index < -0.39 is 0 Å². The molecule has 4 heteroatoms. The zero-order chi connectivity index (χ0) is 17.9. The minimum atomic E-state index is -0.193. The molecule has 0 saturated heterocycles. The van der Waals surface area contributed by atoms with Crippen LogP contribution in [0.5, 0.6) is 5.75 Å². The van der Waals surface area contributed by atoms with Crippen molar-refractivity contribution in [2.75, 3.05) is 11.9 Å². The van der Waals surface area contributed by atoms with E-state index in [1.54, 1.807) is 0 Å². The third-order valence-corrected chi connectivity index (χ3v) is 5.07. The van der Waals surface area contributed by atoms with Gasteiger partial charge < -0.3 is 10.1 Å². The molecule has 0 aliphatic rings. The van der Waals surface area contributed by atoms with Crippen molar-refractivity contribution in [2.24, 2.45) is 0 Å². The second-order valence-electron chi connectivity index (χ2n) is 5.96. The standard InChI is InChI=1S/C22H16BrNO2/c23-22-18-10-4-2-7-16(18)12-13-20(22)26-14-21(25)24-19-11-5-8-15-6-1-3-9-17(15)19/h1-13H,14H2,(H,24,25). The highest BCUT2D eigenvalue weighted by Gasteiger charge is 2.10. The average molecular weight is 406 g/mol. The first kappa shape index (κ1) is 16.6. The summed E-state index contributed by atoms with van der Waals surface area (Å²) in [6.45, 7) is -0.0554. The molecule has 3 nitrogen and oxygen atoms in total. The van der Waals surface area contributed by atoms with Gasteiger partial charge in [0.25, 0.3) is 5.91 Å². The Bertz CT molecular complexity index is 1100. The molecule has 0 aliphatic carbocycles. The first-order chi connectivity index (χ1) is 12.7. The van der Waals surface area contributed by atoms with Crippen LogP contribution in [0.4, 0.5) is 5.69 Å². The molecule has 0 radical (unpaired) electrons. The van der Waals surface area contributed by atoms with Crippen molar-refractivity contribution in [3.63, 3.8) is 0 Å². The van der Waals surface area contributed by atoms with E-state index in [-0.39, 0.29) is 12.5 Å². The number of amides is 1. The van der Waals surface area contributed by atoms with Crippen LogP contribution >= 0.6 is 15.9 Å². The normalized spacial score (nSPS) is 10.8. The number of benzene rings is 4. The molecule has 0 saturated carbocycles. The van der Waals surface area contributed by atoms with Gasteiger partial charge in [0, 0.05) is 11.1 Å². The van der Waals surface area contributed by atoms with Gasteiger partial charge in [-0.25, -0.2) is 0 Å². The molecule has 128 valence electrons. The number of fused-ring (bicyclic) bond motifs is 2. The van der Waals surface area contributed by atoms with Gasteiger partial charge in [-0.3, -0.25) is 4.79 Å². The molecule has 1 amide bonds. The Morgan fingerprint density at radius 1 is 0.808 bits per heavy atom. The van der Waals surface area contributed by atoms with Crippen LogP contribution in [-0.4, -0.2) is 12.5 Å². The maximum atomic E-state index is 12.4. The summed E-state index contributed by atoms with van der Waals surface area (Å²) < 4.78 is 6.59. The Morgan fingerprint density at radius 3 is 2.27 bits per heavy atom. The summed E-state index contributed by atoms with van der Waals surface area (Å²) in [5, 5.41) is 7.20. The molecular weight excluding hydrogens is 390 g/mol. The lowest BCUT2D eigenvalue weighted by atomic mass is 10.1. The van der Waals surface area contributed by atoms with Crippen molar-refractivity contribution >= 4 is 49.1 Å². The molecular formula is C22H16BrNO2. The molecule has 4 aromatic rings. The van der Waals surface area contributed by atoms with Crippen LogP contribution in [0.2, 0.25) is 0 Å². The number of nitrogens with one attached hydrogen (secondary N) is 1. The minimum absolute atomic E-state index is 0.0554. The van der Waals surface area contributed by atoms with E-state index in [4.69, 9.17) is 4.74 Å². The fourth-order valence-corrected chi connectivity index (χ4v) is 3.60. The Labute approximate surface area is 159 Å². The SMILES string of the molecule is O=C(COc1ccc2ccccc2c1Br)Nc1cccc2ccccc12. The van der Waals surface area contributed by atoms with E-state index in [0.717, 1.165) is 31.7 Å². The lowest BCUT2D eigenvalue weighted by molar-refractivity contribution is -0.118. The van der Waals surface area contributed by atoms with Crippen LogP contribution in [0.25, 0.3) is 21.5 Å². The monoisotopic (exact) mass is 405 g/mol. The van der Waals surface area contributed by atoms with Gasteiger partial charge in [-0.05, 0) is 44.2 Å². The topological polar surface area (TPSA) is 38.3 Å². The Hall–Kier alpha value is -2.85. The third kappa shape index (κ3) is 3.28. The first-order valence-corrected chi connectivity index (χ1v) is 9.09. The van der Waals surface area contributed by atoms with Gasteiger partial charge in [0.05, 0.1) is 4.47 Å². The Morgan fingerprint density at radius 2 is 1.46 bits per heavy atom. The molecule has 0 unspecified atom stereocenters. The molecule has 1 N–H and O–H groups in total. The second-order valence-corrected chi connectivity index (χ2v) is 6.76. The van der Waals surface area contributed by atoms with E-state index in [0.29, 0.717) is 5.75 Å². The summed E-state index contributed by atoms with van der Waals surface area (Å²) in [6.07, 6.45) is 0. The largest absolute Gasteiger partial charge is 0.483 e. The van der Waals surface area contributed by atoms with Crippen LogP contribution in [0, 0.1) is 0 Å². The first-order valence-electron chi connectivity index (χ1n) is 8.30. The number of ether oxygens (including phenoxy) is 1. The number of carbonyl (C=O) groups is 1. The van der Waals surface area contributed by atoms with Crippen molar-refractivity contribution in [1.82, 2.24) is 0 Å². The summed E-state index contributed by atoms with van der Waals surface area (Å²) in [4.78, 5) is 12.4. The maximum Gasteiger partial charge on any atom is 0.262 e. The van der Waals surface area contributed by atoms with Crippen LogP contribution in [-0.2, 0) is 4.79 Å². The summed E-state index contributed by atoms with van der Waals surface area (Å²) >= 11 is 3.57. The Balaban J connectivity index is 1.50. The van der Waals surface area contributed by atoms with E-state index >= 15 is 0 Å². The quantitative estimate of drug-likeness (QED) is 0.467. The smallest absolute Gasteiger partial charge is 0.262 e. The van der Waals surface area contributed by atoms with Gasteiger partial charge in [0.2, 0.25) is 0 Å². The lowest BCUT2D eigenvalue weighted by Crippen LogP contribution is -2.20. The van der Waals surface area contributed by atoms with Crippen molar-refractivity contribution in [3.8, 4) is 5.75 Å². The molecule has 0 heterocycles. The Kier molecular flexibility index (Phi) is 4.59. The molecule has 0 aromatic heterocycles. The molecule has 0 fully saturated rings. The number of carbonyl (C=O) groups excluding carboxylic acids is 1. The van der Waals surface area contributed by atoms with Gasteiger partial charge in [-0.1, -0.05) is 66.7 Å². The van der Waals surface area contributed by atoms with Crippen LogP contribution in [0.3, 0.4) is 0 Å². The zero-order valence-corrected chi connectivity index (χ0v) is 15.5.